The van der Waals surface area contributed by atoms with E-state index in [1.165, 1.54) is 17.3 Å². The van der Waals surface area contributed by atoms with Gasteiger partial charge < -0.3 is 14.4 Å². The number of amidine groups is 1. The van der Waals surface area contributed by atoms with Crippen molar-refractivity contribution in [2.24, 2.45) is 4.99 Å². The number of carbonyl (C=O) groups excluding carboxylic acids is 1. The number of fused-ring (bicyclic) bond motifs is 1. The van der Waals surface area contributed by atoms with Crippen LogP contribution in [-0.2, 0) is 16.1 Å². The first-order chi connectivity index (χ1) is 15.0. The van der Waals surface area contributed by atoms with Gasteiger partial charge in [0.15, 0.2) is 5.17 Å². The number of hydrogen-bond acceptors (Lipinski definition) is 6. The van der Waals surface area contributed by atoms with Gasteiger partial charge in [0.2, 0.25) is 0 Å². The Morgan fingerprint density at radius 1 is 1.19 bits per heavy atom. The van der Waals surface area contributed by atoms with E-state index in [-0.39, 0.29) is 12.0 Å². The number of benzene rings is 2. The average molecular weight is 499 g/mol. The van der Waals surface area contributed by atoms with Crippen molar-refractivity contribution in [3.8, 4) is 5.75 Å². The average Bonchev–Trinajstić information content (AvgIpc) is 3.21. The Morgan fingerprint density at radius 3 is 2.71 bits per heavy atom. The van der Waals surface area contributed by atoms with E-state index in [0.29, 0.717) is 24.5 Å². The molecular formula is C24H23BrN2O3S. The van der Waals surface area contributed by atoms with Gasteiger partial charge in [-0.15, -0.1) is 0 Å². The zero-order valence-electron chi connectivity index (χ0n) is 17.6. The summed E-state index contributed by atoms with van der Waals surface area (Å²) in [6.45, 7) is 6.46. The van der Waals surface area contributed by atoms with Crippen LogP contribution in [-0.4, -0.2) is 22.6 Å². The number of thioether (sulfide) groups is 1. The number of hydrogen-bond donors (Lipinski definition) is 0. The van der Waals surface area contributed by atoms with E-state index < -0.39 is 0 Å². The normalized spacial score (nSPS) is 17.5. The molecule has 0 spiro atoms. The maximum absolute atomic E-state index is 12.9. The number of ether oxygens (including phenoxy) is 2. The van der Waals surface area contributed by atoms with E-state index in [4.69, 9.17) is 9.47 Å². The zero-order chi connectivity index (χ0) is 22.0. The van der Waals surface area contributed by atoms with Gasteiger partial charge in [-0.05, 0) is 49.9 Å². The van der Waals surface area contributed by atoms with Crippen LogP contribution in [0.3, 0.4) is 0 Å². The Morgan fingerprint density at radius 2 is 1.97 bits per heavy atom. The first kappa shape index (κ1) is 21.7. The number of rotatable bonds is 6. The number of esters is 1. The minimum Gasteiger partial charge on any atom is -0.489 e. The molecule has 0 amide bonds. The molecule has 0 aliphatic carbocycles. The second-order valence-electron chi connectivity index (χ2n) is 7.28. The first-order valence-corrected chi connectivity index (χ1v) is 11.7. The summed E-state index contributed by atoms with van der Waals surface area (Å²) in [5.41, 5.74) is 4.36. The Labute approximate surface area is 195 Å². The highest BCUT2D eigenvalue weighted by Gasteiger charge is 2.39. The zero-order valence-corrected chi connectivity index (χ0v) is 20.0. The Hall–Kier alpha value is -2.51. The Balaban J connectivity index is 1.74. The second-order valence-corrected chi connectivity index (χ2v) is 9.07. The summed E-state index contributed by atoms with van der Waals surface area (Å²) < 4.78 is 12.5. The molecule has 2 aromatic rings. The molecule has 1 atom stereocenters. The quantitative estimate of drug-likeness (QED) is 0.450. The SMILES string of the molecule is CCOC(=O)C1=C(C)N=C2SC=CN2[C@H]1c1cc(Br)ccc1OCc1ccc(C)cc1. The molecule has 31 heavy (non-hydrogen) atoms. The van der Waals surface area contributed by atoms with Crippen LogP contribution in [0.15, 0.2) is 74.8 Å². The molecule has 0 bridgehead atoms. The van der Waals surface area contributed by atoms with E-state index in [0.717, 1.165) is 26.5 Å². The van der Waals surface area contributed by atoms with Gasteiger partial charge in [-0.2, -0.15) is 0 Å². The molecule has 160 valence electrons. The van der Waals surface area contributed by atoms with Crippen molar-refractivity contribution in [2.75, 3.05) is 6.61 Å². The summed E-state index contributed by atoms with van der Waals surface area (Å²) >= 11 is 5.12. The Bertz CT molecular complexity index is 1090. The molecule has 0 unspecified atom stereocenters. The summed E-state index contributed by atoms with van der Waals surface area (Å²) in [5.74, 6) is 0.359. The summed E-state index contributed by atoms with van der Waals surface area (Å²) in [6, 6.07) is 13.8. The summed E-state index contributed by atoms with van der Waals surface area (Å²) in [4.78, 5) is 19.6. The van der Waals surface area contributed by atoms with Crippen LogP contribution in [0.25, 0.3) is 0 Å². The van der Waals surface area contributed by atoms with E-state index in [1.54, 1.807) is 6.92 Å². The number of aryl methyl sites for hydroxylation is 1. The Kier molecular flexibility index (Phi) is 6.53. The molecule has 0 fully saturated rings. The summed E-state index contributed by atoms with van der Waals surface area (Å²) in [7, 11) is 0. The van der Waals surface area contributed by atoms with Crippen molar-refractivity contribution in [2.45, 2.75) is 33.4 Å². The molecule has 2 aliphatic heterocycles. The molecule has 2 aromatic carbocycles. The number of nitrogens with zero attached hydrogens (tertiary/aromatic N) is 2. The predicted molar refractivity (Wildman–Crippen MR) is 128 cm³/mol. The smallest absolute Gasteiger partial charge is 0.338 e. The van der Waals surface area contributed by atoms with Gasteiger partial charge in [0.05, 0.1) is 23.9 Å². The lowest BCUT2D eigenvalue weighted by Gasteiger charge is -2.34. The van der Waals surface area contributed by atoms with E-state index >= 15 is 0 Å². The van der Waals surface area contributed by atoms with Gasteiger partial charge in [-0.1, -0.05) is 57.5 Å². The van der Waals surface area contributed by atoms with E-state index in [9.17, 15) is 4.79 Å². The third kappa shape index (κ3) is 4.57. The van der Waals surface area contributed by atoms with Gasteiger partial charge >= 0.3 is 5.97 Å². The van der Waals surface area contributed by atoms with Gasteiger partial charge in [-0.25, -0.2) is 9.79 Å². The summed E-state index contributed by atoms with van der Waals surface area (Å²) in [5, 5.41) is 2.80. The minimum absolute atomic E-state index is 0.304. The van der Waals surface area contributed by atoms with Crippen molar-refractivity contribution in [1.29, 1.82) is 0 Å². The topological polar surface area (TPSA) is 51.1 Å². The van der Waals surface area contributed by atoms with Gasteiger partial charge in [0, 0.05) is 16.2 Å². The van der Waals surface area contributed by atoms with Crippen molar-refractivity contribution in [3.63, 3.8) is 0 Å². The highest BCUT2D eigenvalue weighted by molar-refractivity contribution is 9.10. The molecular weight excluding hydrogens is 476 g/mol. The van der Waals surface area contributed by atoms with Gasteiger partial charge in [0.25, 0.3) is 0 Å². The standard InChI is InChI=1S/C24H23BrN2O3S/c1-4-29-23(28)21-16(3)26-24-27(11-12-31-24)22(21)19-13-18(25)9-10-20(19)30-14-17-7-5-15(2)6-8-17/h5-13,22H,4,14H2,1-3H3/t22-/m0/s1. The second kappa shape index (κ2) is 9.32. The lowest BCUT2D eigenvalue weighted by molar-refractivity contribution is -0.139. The molecule has 0 aromatic heterocycles. The van der Waals surface area contributed by atoms with Crippen molar-refractivity contribution >= 4 is 38.8 Å². The van der Waals surface area contributed by atoms with E-state index in [1.807, 2.05) is 41.6 Å². The monoisotopic (exact) mass is 498 g/mol. The van der Waals surface area contributed by atoms with Crippen LogP contribution in [0.4, 0.5) is 0 Å². The maximum atomic E-state index is 12.9. The largest absolute Gasteiger partial charge is 0.489 e. The van der Waals surface area contributed by atoms with Crippen LogP contribution >= 0.6 is 27.7 Å². The van der Waals surface area contributed by atoms with Gasteiger partial charge in [0.1, 0.15) is 12.4 Å². The highest BCUT2D eigenvalue weighted by Crippen LogP contribution is 2.44. The van der Waals surface area contributed by atoms with Crippen LogP contribution in [0.5, 0.6) is 5.75 Å². The number of carbonyl (C=O) groups is 1. The fourth-order valence-corrected chi connectivity index (χ4v) is 4.76. The third-order valence-electron chi connectivity index (χ3n) is 5.10. The molecule has 0 radical (unpaired) electrons. The number of halogens is 1. The lowest BCUT2D eigenvalue weighted by atomic mass is 9.94. The molecule has 0 saturated carbocycles. The van der Waals surface area contributed by atoms with Crippen LogP contribution < -0.4 is 4.74 Å². The molecule has 0 N–H and O–H groups in total. The van der Waals surface area contributed by atoms with Crippen LogP contribution in [0.1, 0.15) is 36.6 Å². The fraction of sp³-hybridized carbons (Fsp3) is 0.250. The molecule has 2 aliphatic rings. The minimum atomic E-state index is -0.386. The van der Waals surface area contributed by atoms with Crippen LogP contribution in [0, 0.1) is 6.92 Å². The number of allylic oxidation sites excluding steroid dienone is 1. The maximum Gasteiger partial charge on any atom is 0.338 e. The number of aliphatic imine (C=N–C) groups is 1. The molecule has 5 nitrogen and oxygen atoms in total. The predicted octanol–water partition coefficient (Wildman–Crippen LogP) is 6.10. The highest BCUT2D eigenvalue weighted by atomic mass is 79.9. The lowest BCUT2D eigenvalue weighted by Crippen LogP contribution is -2.34. The molecule has 4 rings (SSSR count). The summed E-state index contributed by atoms with van der Waals surface area (Å²) in [6.07, 6.45) is 1.95. The third-order valence-corrected chi connectivity index (χ3v) is 6.36. The fourth-order valence-electron chi connectivity index (χ4n) is 3.59. The van der Waals surface area contributed by atoms with Crippen molar-refractivity contribution in [3.05, 3.63) is 86.5 Å². The molecule has 0 saturated heterocycles. The van der Waals surface area contributed by atoms with Crippen LogP contribution in [0.2, 0.25) is 0 Å². The first-order valence-electron chi connectivity index (χ1n) is 10.0. The van der Waals surface area contributed by atoms with Crippen molar-refractivity contribution < 1.29 is 14.3 Å². The molecule has 2 heterocycles. The molecule has 7 heteroatoms. The van der Waals surface area contributed by atoms with Crippen molar-refractivity contribution in [1.82, 2.24) is 4.90 Å². The van der Waals surface area contributed by atoms with Gasteiger partial charge in [-0.3, -0.25) is 0 Å². The van der Waals surface area contributed by atoms with E-state index in [2.05, 4.69) is 52.1 Å².